The van der Waals surface area contributed by atoms with Gasteiger partial charge in [0.15, 0.2) is 11.5 Å². The Morgan fingerprint density at radius 3 is 2.83 bits per heavy atom. The number of imidazole rings is 1. The number of rotatable bonds is 6. The third-order valence-electron chi connectivity index (χ3n) is 4.75. The van der Waals surface area contributed by atoms with Gasteiger partial charge >= 0.3 is 0 Å². The molecule has 4 rings (SSSR count). The van der Waals surface area contributed by atoms with E-state index in [1.807, 2.05) is 47.9 Å². The normalized spacial score (nSPS) is 11.0. The van der Waals surface area contributed by atoms with Crippen molar-refractivity contribution in [3.8, 4) is 17.3 Å². The van der Waals surface area contributed by atoms with E-state index in [0.717, 1.165) is 27.9 Å². The van der Waals surface area contributed by atoms with Crippen LogP contribution in [0.4, 0.5) is 5.82 Å². The lowest BCUT2D eigenvalue weighted by molar-refractivity contribution is -0.115. The Kier molecular flexibility index (Phi) is 4.99. The fourth-order valence-corrected chi connectivity index (χ4v) is 3.20. The van der Waals surface area contributed by atoms with E-state index in [1.165, 1.54) is 0 Å². The zero-order valence-corrected chi connectivity index (χ0v) is 16.5. The fourth-order valence-electron chi connectivity index (χ4n) is 3.20. The molecule has 2 aromatic heterocycles. The molecule has 0 fully saturated rings. The van der Waals surface area contributed by atoms with E-state index < -0.39 is 0 Å². The minimum atomic E-state index is -0.173. The number of hydrogen-bond donors (Lipinski definition) is 1. The molecule has 2 heterocycles. The molecular formula is C21H21N5O3. The second kappa shape index (κ2) is 7.75. The molecule has 0 aliphatic heterocycles. The van der Waals surface area contributed by atoms with E-state index in [2.05, 4.69) is 21.7 Å². The Labute approximate surface area is 167 Å². The van der Waals surface area contributed by atoms with E-state index in [0.29, 0.717) is 24.5 Å². The van der Waals surface area contributed by atoms with Crippen LogP contribution in [-0.4, -0.2) is 32.9 Å². The van der Waals surface area contributed by atoms with Gasteiger partial charge in [0.2, 0.25) is 11.7 Å². The smallest absolute Gasteiger partial charge is 0.225 e. The first-order valence-electron chi connectivity index (χ1n) is 9.32. The van der Waals surface area contributed by atoms with Crippen molar-refractivity contribution in [3.05, 3.63) is 53.6 Å². The molecule has 1 amide bonds. The molecule has 2 aromatic carbocycles. The van der Waals surface area contributed by atoms with E-state index in [9.17, 15) is 4.79 Å². The average molecular weight is 391 g/mol. The lowest BCUT2D eigenvalue weighted by atomic mass is 10.1. The summed E-state index contributed by atoms with van der Waals surface area (Å²) in [5.74, 6) is 1.48. The number of ether oxygens (including phenoxy) is 1. The van der Waals surface area contributed by atoms with E-state index >= 15 is 0 Å². The number of anilines is 1. The predicted octanol–water partition coefficient (Wildman–Crippen LogP) is 3.80. The Balaban J connectivity index is 1.82. The summed E-state index contributed by atoms with van der Waals surface area (Å²) in [5, 5.41) is 10.6. The van der Waals surface area contributed by atoms with Crippen molar-refractivity contribution in [1.29, 1.82) is 0 Å². The number of aryl methyl sites for hydroxylation is 1. The van der Waals surface area contributed by atoms with Gasteiger partial charge < -0.3 is 14.6 Å². The highest BCUT2D eigenvalue weighted by molar-refractivity contribution is 5.93. The molecule has 0 radical (unpaired) electrons. The van der Waals surface area contributed by atoms with Crippen LogP contribution in [0.3, 0.4) is 0 Å². The lowest BCUT2D eigenvalue weighted by Crippen LogP contribution is -2.11. The molecular weight excluding hydrogens is 370 g/mol. The highest BCUT2D eigenvalue weighted by Gasteiger charge is 2.22. The van der Waals surface area contributed by atoms with Gasteiger partial charge in [-0.3, -0.25) is 4.79 Å². The van der Waals surface area contributed by atoms with Gasteiger partial charge in [0, 0.05) is 13.0 Å². The maximum atomic E-state index is 11.9. The van der Waals surface area contributed by atoms with E-state index in [4.69, 9.17) is 14.3 Å². The molecule has 0 saturated carbocycles. The SMILES string of the molecule is CCC(=O)Nc1nonc1-c1nc2ccccc2n1Cc1ccc(C)c(OC)c1. The molecule has 0 unspecified atom stereocenters. The number of methoxy groups -OCH3 is 1. The van der Waals surface area contributed by atoms with Gasteiger partial charge in [-0.1, -0.05) is 31.2 Å². The molecule has 4 aromatic rings. The average Bonchev–Trinajstić information content (AvgIpc) is 3.33. The standard InChI is InChI=1S/C21H21N5O3/c1-4-18(27)23-20-19(24-29-25-20)21-22-15-7-5-6-8-16(15)26(21)12-14-10-9-13(2)17(11-14)28-3/h5-11H,4,12H2,1-3H3,(H,23,25,27). The molecule has 8 nitrogen and oxygen atoms in total. The van der Waals surface area contributed by atoms with Crippen molar-refractivity contribution in [2.24, 2.45) is 0 Å². The van der Waals surface area contributed by atoms with Crippen molar-refractivity contribution in [3.63, 3.8) is 0 Å². The summed E-state index contributed by atoms with van der Waals surface area (Å²) < 4.78 is 12.4. The molecule has 0 aliphatic rings. The number of para-hydroxylation sites is 2. The first kappa shape index (κ1) is 18.7. The summed E-state index contributed by atoms with van der Waals surface area (Å²) in [7, 11) is 1.66. The molecule has 0 saturated heterocycles. The van der Waals surface area contributed by atoms with Crippen LogP contribution in [-0.2, 0) is 11.3 Å². The van der Waals surface area contributed by atoms with Gasteiger partial charge in [-0.15, -0.1) is 0 Å². The summed E-state index contributed by atoms with van der Waals surface area (Å²) in [6, 6.07) is 13.9. The Hall–Kier alpha value is -3.68. The number of nitrogens with one attached hydrogen (secondary N) is 1. The highest BCUT2D eigenvalue weighted by atomic mass is 16.6. The topological polar surface area (TPSA) is 95.1 Å². The molecule has 0 bridgehead atoms. The largest absolute Gasteiger partial charge is 0.496 e. The lowest BCUT2D eigenvalue weighted by Gasteiger charge is -2.11. The van der Waals surface area contributed by atoms with Gasteiger partial charge in [0.1, 0.15) is 5.75 Å². The molecule has 148 valence electrons. The van der Waals surface area contributed by atoms with Gasteiger partial charge in [0.05, 0.1) is 18.1 Å². The van der Waals surface area contributed by atoms with Crippen LogP contribution in [0, 0.1) is 6.92 Å². The second-order valence-electron chi connectivity index (χ2n) is 6.68. The molecule has 0 spiro atoms. The maximum Gasteiger partial charge on any atom is 0.225 e. The summed E-state index contributed by atoms with van der Waals surface area (Å²) in [4.78, 5) is 16.6. The van der Waals surface area contributed by atoms with Gasteiger partial charge in [-0.05, 0) is 46.6 Å². The Morgan fingerprint density at radius 2 is 2.03 bits per heavy atom. The Morgan fingerprint density at radius 1 is 1.21 bits per heavy atom. The number of nitrogens with zero attached hydrogens (tertiary/aromatic N) is 4. The van der Waals surface area contributed by atoms with Crippen LogP contribution in [0.1, 0.15) is 24.5 Å². The van der Waals surface area contributed by atoms with Crippen molar-refractivity contribution in [1.82, 2.24) is 19.9 Å². The van der Waals surface area contributed by atoms with E-state index in [-0.39, 0.29) is 11.7 Å². The molecule has 1 N–H and O–H groups in total. The number of fused-ring (bicyclic) bond motifs is 1. The number of carbonyl (C=O) groups is 1. The van der Waals surface area contributed by atoms with Crippen molar-refractivity contribution >= 4 is 22.8 Å². The third kappa shape index (κ3) is 3.56. The van der Waals surface area contributed by atoms with Crippen molar-refractivity contribution in [2.75, 3.05) is 12.4 Å². The monoisotopic (exact) mass is 391 g/mol. The number of amides is 1. The zero-order chi connectivity index (χ0) is 20.4. The zero-order valence-electron chi connectivity index (χ0n) is 16.5. The Bertz CT molecular complexity index is 1180. The first-order valence-corrected chi connectivity index (χ1v) is 9.32. The van der Waals surface area contributed by atoms with Crippen LogP contribution >= 0.6 is 0 Å². The van der Waals surface area contributed by atoms with Crippen LogP contribution < -0.4 is 10.1 Å². The summed E-state index contributed by atoms with van der Waals surface area (Å²) in [5.41, 5.74) is 4.27. The number of carbonyl (C=O) groups excluding carboxylic acids is 1. The minimum Gasteiger partial charge on any atom is -0.496 e. The fraction of sp³-hybridized carbons (Fsp3) is 0.238. The third-order valence-corrected chi connectivity index (χ3v) is 4.75. The first-order chi connectivity index (χ1) is 14.1. The van der Waals surface area contributed by atoms with E-state index in [1.54, 1.807) is 14.0 Å². The summed E-state index contributed by atoms with van der Waals surface area (Å²) >= 11 is 0. The molecule has 0 atom stereocenters. The molecule has 29 heavy (non-hydrogen) atoms. The summed E-state index contributed by atoms with van der Waals surface area (Å²) in [6.45, 7) is 4.31. The van der Waals surface area contributed by atoms with Crippen LogP contribution in [0.2, 0.25) is 0 Å². The number of hydrogen-bond acceptors (Lipinski definition) is 6. The van der Waals surface area contributed by atoms with Crippen LogP contribution in [0.15, 0.2) is 47.1 Å². The minimum absolute atomic E-state index is 0.173. The highest BCUT2D eigenvalue weighted by Crippen LogP contribution is 2.29. The molecule has 8 heteroatoms. The van der Waals surface area contributed by atoms with Crippen molar-refractivity contribution < 1.29 is 14.2 Å². The number of benzene rings is 2. The quantitative estimate of drug-likeness (QED) is 0.537. The van der Waals surface area contributed by atoms with Gasteiger partial charge in [-0.2, -0.15) is 0 Å². The number of aromatic nitrogens is 4. The van der Waals surface area contributed by atoms with Crippen molar-refractivity contribution in [2.45, 2.75) is 26.8 Å². The van der Waals surface area contributed by atoms with Crippen LogP contribution in [0.25, 0.3) is 22.6 Å². The summed E-state index contributed by atoms with van der Waals surface area (Å²) in [6.07, 6.45) is 0.325. The van der Waals surface area contributed by atoms with Crippen LogP contribution in [0.5, 0.6) is 5.75 Å². The maximum absolute atomic E-state index is 11.9. The second-order valence-corrected chi connectivity index (χ2v) is 6.68. The molecule has 0 aliphatic carbocycles. The predicted molar refractivity (Wildman–Crippen MR) is 109 cm³/mol. The van der Waals surface area contributed by atoms with Gasteiger partial charge in [0.25, 0.3) is 0 Å². The van der Waals surface area contributed by atoms with Gasteiger partial charge in [-0.25, -0.2) is 9.61 Å².